The lowest BCUT2D eigenvalue weighted by Gasteiger charge is -2.17. The second-order valence-corrected chi connectivity index (χ2v) is 11.7. The summed E-state index contributed by atoms with van der Waals surface area (Å²) in [6.07, 6.45) is 5.71. The van der Waals surface area contributed by atoms with E-state index >= 15 is 0 Å². The maximum atomic E-state index is 13.2. The molecule has 0 unspecified atom stereocenters. The molecule has 1 aromatic carbocycles. The van der Waals surface area contributed by atoms with Crippen LogP contribution in [0.2, 0.25) is 0 Å². The van der Waals surface area contributed by atoms with E-state index in [0.29, 0.717) is 50.6 Å². The maximum Gasteiger partial charge on any atom is 0.516 e. The van der Waals surface area contributed by atoms with Gasteiger partial charge in [0.2, 0.25) is 0 Å². The monoisotopic (exact) mass is 610 g/mol. The number of nitrogens with one attached hydrogen (secondary N) is 1. The number of imidazole rings is 1. The molecule has 0 bridgehead atoms. The largest absolute Gasteiger partial charge is 0.516 e. The molecule has 1 fully saturated rings. The number of alkyl halides is 3. The molecular formula is C25H22BrF3N4O4S. The highest BCUT2D eigenvalue weighted by atomic mass is 79.9. The van der Waals surface area contributed by atoms with Crippen molar-refractivity contribution in [2.75, 3.05) is 4.72 Å². The highest BCUT2D eigenvalue weighted by Crippen LogP contribution is 2.49. The molecule has 0 saturated heterocycles. The fourth-order valence-corrected chi connectivity index (χ4v) is 5.99. The molecule has 0 spiro atoms. The topological polar surface area (TPSA) is 120 Å². The zero-order valence-corrected chi connectivity index (χ0v) is 22.4. The molecule has 1 aromatic heterocycles. The number of aryl methyl sites for hydroxylation is 1. The van der Waals surface area contributed by atoms with Crippen LogP contribution >= 0.6 is 15.9 Å². The number of fused-ring (bicyclic) bond motifs is 1. The van der Waals surface area contributed by atoms with Crippen LogP contribution in [0.5, 0.6) is 0 Å². The summed E-state index contributed by atoms with van der Waals surface area (Å²) in [4.78, 5) is 17.0. The van der Waals surface area contributed by atoms with Crippen LogP contribution in [-0.2, 0) is 23.0 Å². The van der Waals surface area contributed by atoms with Gasteiger partial charge in [-0.2, -0.15) is 21.6 Å². The Bertz CT molecular complexity index is 1620. The quantitative estimate of drug-likeness (QED) is 0.266. The highest BCUT2D eigenvalue weighted by Gasteiger charge is 2.46. The number of aromatic nitrogens is 2. The molecule has 3 N–H and O–H groups in total. The number of para-hydroxylation sites is 1. The van der Waals surface area contributed by atoms with Crippen molar-refractivity contribution in [1.82, 2.24) is 9.55 Å². The fraction of sp³-hybridized carbons (Fsp3) is 0.280. The summed E-state index contributed by atoms with van der Waals surface area (Å²) in [5.74, 6) is 0.485. The molecule has 0 atom stereocenters. The van der Waals surface area contributed by atoms with Gasteiger partial charge in [0.15, 0.2) is 0 Å². The van der Waals surface area contributed by atoms with Crippen LogP contribution in [0.4, 0.5) is 18.9 Å². The SMILES string of the molecule is Cc1nc(CC2CC2)n(Cc2c3ccocc-3c(Br)c2-c2ccccc2NS(=O)(=O)C(F)(F)F)c1C(N)=O. The number of nitrogens with zero attached hydrogens (tertiary/aromatic N) is 2. The van der Waals surface area contributed by atoms with Crippen molar-refractivity contribution >= 4 is 37.5 Å². The summed E-state index contributed by atoms with van der Waals surface area (Å²) >= 11 is 3.55. The van der Waals surface area contributed by atoms with E-state index in [1.165, 1.54) is 30.7 Å². The number of sulfonamides is 1. The van der Waals surface area contributed by atoms with Crippen LogP contribution < -0.4 is 10.5 Å². The Hall–Kier alpha value is -3.32. The molecule has 8 nitrogen and oxygen atoms in total. The van der Waals surface area contributed by atoms with Gasteiger partial charge in [0.05, 0.1) is 30.5 Å². The lowest BCUT2D eigenvalue weighted by atomic mass is 10.0. The van der Waals surface area contributed by atoms with E-state index in [9.17, 15) is 26.4 Å². The lowest BCUT2D eigenvalue weighted by molar-refractivity contribution is -0.0429. The van der Waals surface area contributed by atoms with Gasteiger partial charge in [-0.1, -0.05) is 18.2 Å². The lowest BCUT2D eigenvalue weighted by Crippen LogP contribution is -2.30. The van der Waals surface area contributed by atoms with Crippen LogP contribution in [0.1, 0.15) is 40.4 Å². The Balaban J connectivity index is 1.72. The van der Waals surface area contributed by atoms with Gasteiger partial charge in [-0.25, -0.2) is 4.98 Å². The smallest absolute Gasteiger partial charge is 0.472 e. The second kappa shape index (κ2) is 9.45. The molecular weight excluding hydrogens is 589 g/mol. The molecule has 1 aliphatic heterocycles. The number of rotatable bonds is 8. The van der Waals surface area contributed by atoms with Gasteiger partial charge in [-0.3, -0.25) is 9.52 Å². The van der Waals surface area contributed by atoms with E-state index in [0.717, 1.165) is 12.8 Å². The van der Waals surface area contributed by atoms with Gasteiger partial charge in [-0.15, -0.1) is 0 Å². The predicted octanol–water partition coefficient (Wildman–Crippen LogP) is 5.68. The van der Waals surface area contributed by atoms with Crippen molar-refractivity contribution in [1.29, 1.82) is 0 Å². The van der Waals surface area contributed by atoms with Gasteiger partial charge >= 0.3 is 15.5 Å². The molecule has 0 radical (unpaired) electrons. The van der Waals surface area contributed by atoms with Gasteiger partial charge < -0.3 is 14.7 Å². The first-order chi connectivity index (χ1) is 17.9. The van der Waals surface area contributed by atoms with E-state index in [2.05, 4.69) is 20.9 Å². The van der Waals surface area contributed by atoms with Crippen molar-refractivity contribution in [2.24, 2.45) is 11.7 Å². The maximum absolute atomic E-state index is 13.2. The van der Waals surface area contributed by atoms with E-state index in [1.54, 1.807) is 28.3 Å². The highest BCUT2D eigenvalue weighted by molar-refractivity contribution is 9.10. The van der Waals surface area contributed by atoms with Crippen LogP contribution in [-0.4, -0.2) is 29.4 Å². The Morgan fingerprint density at radius 3 is 2.58 bits per heavy atom. The average Bonchev–Trinajstić information content (AvgIpc) is 3.54. The number of hydrogen-bond donors (Lipinski definition) is 2. The minimum absolute atomic E-state index is 0.114. The number of carbonyl (C=O) groups is 1. The third-order valence-corrected chi connectivity index (χ3v) is 8.48. The molecule has 3 aliphatic rings. The zero-order chi connectivity index (χ0) is 27.4. The average molecular weight is 611 g/mol. The number of nitrogens with two attached hydrogens (primary N) is 1. The number of hydrogen-bond acceptors (Lipinski definition) is 5. The van der Waals surface area contributed by atoms with E-state index in [4.69, 9.17) is 10.2 Å². The van der Waals surface area contributed by atoms with Crippen molar-refractivity contribution < 1.29 is 30.8 Å². The summed E-state index contributed by atoms with van der Waals surface area (Å²) < 4.78 is 72.9. The predicted molar refractivity (Wildman–Crippen MR) is 138 cm³/mol. The number of amides is 1. The first kappa shape index (κ1) is 26.3. The molecule has 2 heterocycles. The molecule has 38 heavy (non-hydrogen) atoms. The number of benzene rings is 1. The van der Waals surface area contributed by atoms with Crippen molar-refractivity contribution in [3.63, 3.8) is 0 Å². The van der Waals surface area contributed by atoms with Gasteiger partial charge in [0.25, 0.3) is 5.91 Å². The molecule has 1 saturated carbocycles. The molecule has 2 aromatic rings. The first-order valence-corrected chi connectivity index (χ1v) is 13.9. The normalized spacial score (nSPS) is 14.2. The Labute approximate surface area is 224 Å². The minimum atomic E-state index is -5.68. The molecule has 2 aliphatic carbocycles. The van der Waals surface area contributed by atoms with Crippen LogP contribution in [0, 0.1) is 12.8 Å². The summed E-state index contributed by atoms with van der Waals surface area (Å²) in [5.41, 5.74) is 3.28. The van der Waals surface area contributed by atoms with E-state index in [-0.39, 0.29) is 23.5 Å². The molecule has 1 amide bonds. The van der Waals surface area contributed by atoms with Crippen molar-refractivity contribution in [2.45, 2.75) is 38.2 Å². The van der Waals surface area contributed by atoms with Crippen molar-refractivity contribution in [3.8, 4) is 22.3 Å². The molecule has 13 heteroatoms. The van der Waals surface area contributed by atoms with Crippen LogP contribution in [0.15, 0.2) is 51.7 Å². The van der Waals surface area contributed by atoms with Gasteiger partial charge in [0.1, 0.15) is 11.5 Å². The third kappa shape index (κ3) is 4.68. The molecule has 5 rings (SSSR count). The first-order valence-electron chi connectivity index (χ1n) is 11.6. The van der Waals surface area contributed by atoms with Crippen molar-refractivity contribution in [3.05, 3.63) is 70.1 Å². The second-order valence-electron chi connectivity index (χ2n) is 9.21. The van der Waals surface area contributed by atoms with E-state index in [1.807, 2.05) is 0 Å². The number of primary amides is 1. The minimum Gasteiger partial charge on any atom is -0.472 e. The van der Waals surface area contributed by atoms with Crippen LogP contribution in [0.3, 0.4) is 0 Å². The summed E-state index contributed by atoms with van der Waals surface area (Å²) in [6.45, 7) is 1.82. The zero-order valence-electron chi connectivity index (χ0n) is 20.0. The molecule has 200 valence electrons. The van der Waals surface area contributed by atoms with E-state index < -0.39 is 21.4 Å². The summed E-state index contributed by atoms with van der Waals surface area (Å²) in [5, 5.41) is 0. The number of anilines is 1. The van der Waals surface area contributed by atoms with Crippen LogP contribution in [0.25, 0.3) is 22.3 Å². The summed E-state index contributed by atoms with van der Waals surface area (Å²) in [6, 6.07) is 7.50. The fourth-order valence-electron chi connectivity index (χ4n) is 4.65. The third-order valence-electron chi connectivity index (χ3n) is 6.56. The summed E-state index contributed by atoms with van der Waals surface area (Å²) in [7, 11) is -5.68. The van der Waals surface area contributed by atoms with Gasteiger partial charge in [-0.05, 0) is 64.9 Å². The number of halogens is 4. The number of carbonyl (C=O) groups excluding carboxylic acids is 1. The standard InChI is InChI=1S/C25H22BrF3N4O4S/c1-13-23(24(30)34)33(20(31-13)10-14-6-7-14)11-17-15-8-9-37-12-18(15)22(26)21(17)16-4-2-3-5-19(16)32-38(35,36)25(27,28)29/h2-5,8-9,12,14,32H,6-7,10-11H2,1H3,(H2,30,34). The Morgan fingerprint density at radius 1 is 1.21 bits per heavy atom. The Kier molecular flexibility index (Phi) is 6.54. The Morgan fingerprint density at radius 2 is 1.92 bits per heavy atom. The van der Waals surface area contributed by atoms with Gasteiger partial charge in [0, 0.05) is 27.6 Å².